The minimum Gasteiger partial charge on any atom is -0.480 e. The molecule has 4 rings (SSSR count). The van der Waals surface area contributed by atoms with Crippen molar-refractivity contribution in [1.82, 2.24) is 9.88 Å². The van der Waals surface area contributed by atoms with Gasteiger partial charge < -0.3 is 5.11 Å². The predicted molar refractivity (Wildman–Crippen MR) is 126 cm³/mol. The summed E-state index contributed by atoms with van der Waals surface area (Å²) in [6.45, 7) is 3.48. The van der Waals surface area contributed by atoms with Crippen molar-refractivity contribution in [3.63, 3.8) is 0 Å². The SMILES string of the molecule is Cc1c(-c2ccccc2)ccnc1/C=C/c1ccc(CN2CCC[C@H]2C(=O)O)cc1Cl. The van der Waals surface area contributed by atoms with Crippen LogP contribution in [-0.4, -0.2) is 33.5 Å². The van der Waals surface area contributed by atoms with Crippen LogP contribution in [0.5, 0.6) is 0 Å². The molecule has 5 heteroatoms. The van der Waals surface area contributed by atoms with Crippen LogP contribution in [0.25, 0.3) is 23.3 Å². The summed E-state index contributed by atoms with van der Waals surface area (Å²) in [5, 5.41) is 10.0. The zero-order chi connectivity index (χ0) is 21.8. The van der Waals surface area contributed by atoms with Gasteiger partial charge in [-0.15, -0.1) is 0 Å². The number of likely N-dealkylation sites (tertiary alicyclic amines) is 1. The summed E-state index contributed by atoms with van der Waals surface area (Å²) in [6.07, 6.45) is 7.42. The fraction of sp³-hybridized carbons (Fsp3) is 0.231. The molecule has 1 N–H and O–H groups in total. The molecule has 1 aliphatic rings. The lowest BCUT2D eigenvalue weighted by Crippen LogP contribution is -2.35. The van der Waals surface area contributed by atoms with Gasteiger partial charge >= 0.3 is 5.97 Å². The summed E-state index contributed by atoms with van der Waals surface area (Å²) >= 11 is 6.54. The lowest BCUT2D eigenvalue weighted by atomic mass is 10.00. The van der Waals surface area contributed by atoms with Gasteiger partial charge in [0.1, 0.15) is 6.04 Å². The highest BCUT2D eigenvalue weighted by atomic mass is 35.5. The third-order valence-electron chi connectivity index (χ3n) is 5.85. The number of aromatic nitrogens is 1. The Balaban J connectivity index is 1.52. The molecule has 4 nitrogen and oxygen atoms in total. The monoisotopic (exact) mass is 432 g/mol. The van der Waals surface area contributed by atoms with Gasteiger partial charge in [-0.05, 0) is 72.3 Å². The van der Waals surface area contributed by atoms with E-state index < -0.39 is 12.0 Å². The van der Waals surface area contributed by atoms with Gasteiger partial charge in [0.05, 0.1) is 5.69 Å². The Bertz CT molecular complexity index is 1110. The van der Waals surface area contributed by atoms with Gasteiger partial charge in [-0.3, -0.25) is 14.7 Å². The zero-order valence-corrected chi connectivity index (χ0v) is 18.2. The van der Waals surface area contributed by atoms with Gasteiger partial charge in [-0.1, -0.05) is 60.1 Å². The number of rotatable bonds is 6. The Kier molecular flexibility index (Phi) is 6.50. The van der Waals surface area contributed by atoms with E-state index in [4.69, 9.17) is 11.6 Å². The molecular weight excluding hydrogens is 408 g/mol. The van der Waals surface area contributed by atoms with E-state index >= 15 is 0 Å². The average Bonchev–Trinajstić information content (AvgIpc) is 3.23. The highest BCUT2D eigenvalue weighted by Gasteiger charge is 2.30. The first-order valence-electron chi connectivity index (χ1n) is 10.5. The van der Waals surface area contributed by atoms with E-state index in [1.807, 2.05) is 65.7 Å². The maximum Gasteiger partial charge on any atom is 0.320 e. The number of halogens is 1. The fourth-order valence-electron chi connectivity index (χ4n) is 4.15. The minimum absolute atomic E-state index is 0.399. The molecule has 158 valence electrons. The third-order valence-corrected chi connectivity index (χ3v) is 6.18. The third kappa shape index (κ3) is 4.87. The maximum absolute atomic E-state index is 11.4. The molecule has 0 unspecified atom stereocenters. The number of carboxylic acid groups (broad SMARTS) is 1. The van der Waals surface area contributed by atoms with Crippen molar-refractivity contribution in [2.24, 2.45) is 0 Å². The Labute approximate surface area is 187 Å². The van der Waals surface area contributed by atoms with Crippen LogP contribution in [0.1, 0.15) is 35.2 Å². The van der Waals surface area contributed by atoms with Crippen molar-refractivity contribution in [1.29, 1.82) is 0 Å². The second-order valence-corrected chi connectivity index (χ2v) is 8.30. The summed E-state index contributed by atoms with van der Waals surface area (Å²) in [7, 11) is 0. The van der Waals surface area contributed by atoms with E-state index in [1.165, 1.54) is 5.56 Å². The van der Waals surface area contributed by atoms with E-state index in [0.29, 0.717) is 18.0 Å². The standard InChI is InChI=1S/C26H25ClN2O2/c1-18-22(20-6-3-2-4-7-20)13-14-28-24(18)12-11-21-10-9-19(16-23(21)27)17-29-15-5-8-25(29)26(30)31/h2-4,6-7,9-14,16,25H,5,8,15,17H2,1H3,(H,30,31)/b12-11+/t25-/m0/s1. The van der Waals surface area contributed by atoms with Crippen molar-refractivity contribution in [3.8, 4) is 11.1 Å². The van der Waals surface area contributed by atoms with Crippen molar-refractivity contribution in [2.75, 3.05) is 6.54 Å². The average molecular weight is 433 g/mol. The molecule has 1 aliphatic heterocycles. The first-order valence-corrected chi connectivity index (χ1v) is 10.8. The summed E-state index contributed by atoms with van der Waals surface area (Å²) in [6, 6.07) is 17.8. The molecule has 1 aromatic heterocycles. The molecule has 1 atom stereocenters. The summed E-state index contributed by atoms with van der Waals surface area (Å²) in [5.41, 5.74) is 6.29. The number of pyridine rings is 1. The Hall–Kier alpha value is -2.95. The number of nitrogens with zero attached hydrogens (tertiary/aromatic N) is 2. The number of benzene rings is 2. The van der Waals surface area contributed by atoms with Gasteiger partial charge in [0.2, 0.25) is 0 Å². The summed E-state index contributed by atoms with van der Waals surface area (Å²) in [4.78, 5) is 17.9. The number of hydrogen-bond acceptors (Lipinski definition) is 3. The van der Waals surface area contributed by atoms with E-state index in [0.717, 1.165) is 40.9 Å². The quantitative estimate of drug-likeness (QED) is 0.524. The molecule has 0 amide bonds. The minimum atomic E-state index is -0.747. The fourth-order valence-corrected chi connectivity index (χ4v) is 4.42. The molecule has 0 spiro atoms. The number of hydrogen-bond donors (Lipinski definition) is 1. The highest BCUT2D eigenvalue weighted by molar-refractivity contribution is 6.32. The zero-order valence-electron chi connectivity index (χ0n) is 17.5. The normalized spacial score (nSPS) is 16.8. The van der Waals surface area contributed by atoms with Crippen LogP contribution >= 0.6 is 11.6 Å². The molecular formula is C26H25ClN2O2. The molecule has 0 bridgehead atoms. The number of aliphatic carboxylic acids is 1. The number of carbonyl (C=O) groups is 1. The van der Waals surface area contributed by atoms with Gasteiger partial charge in [0, 0.05) is 17.8 Å². The smallest absolute Gasteiger partial charge is 0.320 e. The molecule has 31 heavy (non-hydrogen) atoms. The molecule has 0 saturated carbocycles. The molecule has 1 saturated heterocycles. The van der Waals surface area contributed by atoms with Crippen LogP contribution in [0.15, 0.2) is 60.8 Å². The maximum atomic E-state index is 11.4. The molecule has 3 aromatic rings. The summed E-state index contributed by atoms with van der Waals surface area (Å²) in [5.74, 6) is -0.747. The van der Waals surface area contributed by atoms with Gasteiger partial charge in [0.15, 0.2) is 0 Å². The Morgan fingerprint density at radius 1 is 1.19 bits per heavy atom. The van der Waals surface area contributed by atoms with Crippen molar-refractivity contribution in [3.05, 3.63) is 88.2 Å². The lowest BCUT2D eigenvalue weighted by molar-refractivity contribution is -0.142. The Morgan fingerprint density at radius 2 is 2.00 bits per heavy atom. The van der Waals surface area contributed by atoms with Crippen LogP contribution in [-0.2, 0) is 11.3 Å². The lowest BCUT2D eigenvalue weighted by Gasteiger charge is -2.21. The van der Waals surface area contributed by atoms with Gasteiger partial charge in [-0.2, -0.15) is 0 Å². The molecule has 2 heterocycles. The first kappa shape index (κ1) is 21.3. The highest BCUT2D eigenvalue weighted by Crippen LogP contribution is 2.27. The van der Waals surface area contributed by atoms with E-state index in [9.17, 15) is 9.90 Å². The van der Waals surface area contributed by atoms with Crippen molar-refractivity contribution >= 4 is 29.7 Å². The van der Waals surface area contributed by atoms with Gasteiger partial charge in [0.25, 0.3) is 0 Å². The Morgan fingerprint density at radius 3 is 2.74 bits per heavy atom. The molecule has 1 fully saturated rings. The first-order chi connectivity index (χ1) is 15.0. The van der Waals surface area contributed by atoms with Gasteiger partial charge in [-0.25, -0.2) is 0 Å². The second kappa shape index (κ2) is 9.46. The molecule has 0 radical (unpaired) electrons. The molecule has 2 aromatic carbocycles. The topological polar surface area (TPSA) is 53.4 Å². The van der Waals surface area contributed by atoms with Crippen LogP contribution in [0, 0.1) is 6.92 Å². The summed E-state index contributed by atoms with van der Waals surface area (Å²) < 4.78 is 0. The van der Waals surface area contributed by atoms with E-state index in [1.54, 1.807) is 0 Å². The van der Waals surface area contributed by atoms with Crippen molar-refractivity contribution < 1.29 is 9.90 Å². The van der Waals surface area contributed by atoms with Crippen LogP contribution in [0.3, 0.4) is 0 Å². The second-order valence-electron chi connectivity index (χ2n) is 7.89. The van der Waals surface area contributed by atoms with E-state index in [-0.39, 0.29) is 0 Å². The number of carboxylic acids is 1. The van der Waals surface area contributed by atoms with Crippen LogP contribution in [0.2, 0.25) is 5.02 Å². The van der Waals surface area contributed by atoms with Crippen LogP contribution in [0.4, 0.5) is 0 Å². The van der Waals surface area contributed by atoms with Crippen molar-refractivity contribution in [2.45, 2.75) is 32.4 Å². The largest absolute Gasteiger partial charge is 0.480 e. The van der Waals surface area contributed by atoms with E-state index in [2.05, 4.69) is 24.0 Å². The predicted octanol–water partition coefficient (Wildman–Crippen LogP) is 5.93. The molecule has 0 aliphatic carbocycles. The van der Waals surface area contributed by atoms with Crippen LogP contribution < -0.4 is 0 Å².